The zero-order valence-corrected chi connectivity index (χ0v) is 8.00. The summed E-state index contributed by atoms with van der Waals surface area (Å²) in [6, 6.07) is 0. The van der Waals surface area contributed by atoms with Gasteiger partial charge in [-0.05, 0) is 12.8 Å². The van der Waals surface area contributed by atoms with Crippen LogP contribution in [0.4, 0.5) is 0 Å². The Bertz CT molecular complexity index is 712. The number of cyclic esters (lactones) is 1. The fourth-order valence-corrected chi connectivity index (χ4v) is 1.34. The summed E-state index contributed by atoms with van der Waals surface area (Å²) in [4.78, 5) is 15.7. The molecule has 15 heavy (non-hydrogen) atoms. The second kappa shape index (κ2) is 4.04. The average Bonchev–Trinajstić information content (AvgIpc) is 2.76. The van der Waals surface area contributed by atoms with E-state index in [9.17, 15) is 4.79 Å². The second-order valence-corrected chi connectivity index (χ2v) is 3.13. The summed E-state index contributed by atoms with van der Waals surface area (Å²) >= 11 is 0. The van der Waals surface area contributed by atoms with Gasteiger partial charge in [0, 0.05) is 33.1 Å². The SMILES string of the molecule is [2H]c1nc([2H])n(C)c1C[C@H]1C([2H])([2H])OC(=O)[C@@]1([2H])C([2H])([2H])C([2H])([2H])[2H]. The van der Waals surface area contributed by atoms with Crippen molar-refractivity contribution in [1.29, 1.82) is 0 Å². The smallest absolute Gasteiger partial charge is 0.309 e. The van der Waals surface area contributed by atoms with Crippen molar-refractivity contribution in [2.24, 2.45) is 18.9 Å². The van der Waals surface area contributed by atoms with E-state index in [-0.39, 0.29) is 12.0 Å². The Hall–Kier alpha value is -1.32. The molecular formula is C11H16N2O2. The van der Waals surface area contributed by atoms with E-state index in [1.54, 1.807) is 0 Å². The number of carbonyl (C=O) groups excluding carboxylic acids is 1. The van der Waals surface area contributed by atoms with Crippen molar-refractivity contribution >= 4 is 5.97 Å². The van der Waals surface area contributed by atoms with Crippen LogP contribution in [0.2, 0.25) is 0 Å². The number of carbonyl (C=O) groups is 1. The molecule has 1 aromatic heterocycles. The van der Waals surface area contributed by atoms with E-state index >= 15 is 0 Å². The molecule has 1 aromatic rings. The predicted molar refractivity (Wildman–Crippen MR) is 55.1 cm³/mol. The first-order valence-corrected chi connectivity index (χ1v) is 4.29. The van der Waals surface area contributed by atoms with Crippen LogP contribution >= 0.6 is 0 Å². The van der Waals surface area contributed by atoms with Gasteiger partial charge in [-0.15, -0.1) is 0 Å². The third-order valence-electron chi connectivity index (χ3n) is 2.18. The average molecular weight is 218 g/mol. The Morgan fingerprint density at radius 1 is 2.07 bits per heavy atom. The molecule has 0 aliphatic carbocycles. The summed E-state index contributed by atoms with van der Waals surface area (Å²) in [7, 11) is 1.36. The summed E-state index contributed by atoms with van der Waals surface area (Å²) < 4.78 is 82.4. The van der Waals surface area contributed by atoms with E-state index in [2.05, 4.69) is 9.72 Å². The number of ether oxygens (including phenoxy) is 1. The number of rotatable bonds is 3. The van der Waals surface area contributed by atoms with E-state index in [1.165, 1.54) is 7.05 Å². The lowest BCUT2D eigenvalue weighted by Crippen LogP contribution is -2.18. The molecule has 1 aliphatic heterocycles. The first-order chi connectivity index (χ1) is 11.1. The van der Waals surface area contributed by atoms with Gasteiger partial charge in [0.25, 0.3) is 0 Å². The molecule has 4 nitrogen and oxygen atoms in total. The Morgan fingerprint density at radius 3 is 3.60 bits per heavy atom. The van der Waals surface area contributed by atoms with E-state index in [1.807, 2.05) is 0 Å². The topological polar surface area (TPSA) is 44.1 Å². The third kappa shape index (κ3) is 1.89. The summed E-state index contributed by atoms with van der Waals surface area (Å²) in [6.45, 7) is -6.21. The fourth-order valence-electron chi connectivity index (χ4n) is 1.34. The van der Waals surface area contributed by atoms with Crippen LogP contribution in [0.1, 0.15) is 32.6 Å². The Morgan fingerprint density at radius 2 is 2.93 bits per heavy atom. The predicted octanol–water partition coefficient (Wildman–Crippen LogP) is 1.16. The summed E-state index contributed by atoms with van der Waals surface area (Å²) in [5, 5.41) is 0. The molecule has 82 valence electrons. The first kappa shape index (κ1) is 3.61. The molecule has 0 unspecified atom stereocenters. The van der Waals surface area contributed by atoms with E-state index in [0.29, 0.717) is 0 Å². The maximum atomic E-state index is 12.1. The van der Waals surface area contributed by atoms with Crippen molar-refractivity contribution in [2.45, 2.75) is 19.6 Å². The molecule has 2 rings (SSSR count). The monoisotopic (exact) mass is 218 g/mol. The molecule has 0 bridgehead atoms. The van der Waals surface area contributed by atoms with Crippen LogP contribution in [0.25, 0.3) is 0 Å². The Labute approximate surface area is 103 Å². The normalized spacial score (nSPS) is 45.4. The number of hydrogen-bond donors (Lipinski definition) is 0. The van der Waals surface area contributed by atoms with Crippen LogP contribution < -0.4 is 0 Å². The molecule has 0 aromatic carbocycles. The van der Waals surface area contributed by atoms with Gasteiger partial charge in [-0.3, -0.25) is 4.79 Å². The van der Waals surface area contributed by atoms with Gasteiger partial charge in [-0.25, -0.2) is 4.98 Å². The molecule has 0 spiro atoms. The summed E-state index contributed by atoms with van der Waals surface area (Å²) in [6.07, 6.45) is -4.70. The lowest BCUT2D eigenvalue weighted by Gasteiger charge is -2.12. The molecule has 0 saturated carbocycles. The van der Waals surface area contributed by atoms with Crippen LogP contribution in [-0.4, -0.2) is 22.1 Å². The van der Waals surface area contributed by atoms with Crippen molar-refractivity contribution in [1.82, 2.24) is 9.55 Å². The maximum Gasteiger partial charge on any atom is 0.309 e. The van der Waals surface area contributed by atoms with Crippen molar-refractivity contribution in [2.75, 3.05) is 6.56 Å². The van der Waals surface area contributed by atoms with Gasteiger partial charge >= 0.3 is 5.97 Å². The van der Waals surface area contributed by atoms with E-state index in [4.69, 9.17) is 13.7 Å². The number of imidazole rings is 1. The standard InChI is InChI=1S/C11H16N2O2/c1-3-10-8(6-15-11(10)14)4-9-5-12-7-13(9)2/h5,7-8,10H,3-4,6H2,1-2H3/t8-,10-/m0/s1/i1D3,3D2,5D,6D2,7D,10D. The van der Waals surface area contributed by atoms with Gasteiger partial charge in [-0.2, -0.15) is 0 Å². The summed E-state index contributed by atoms with van der Waals surface area (Å²) in [5.74, 6) is -6.55. The molecule has 0 amide bonds. The molecule has 1 aliphatic rings. The minimum absolute atomic E-state index is 0.0323. The zero-order valence-electron chi connectivity index (χ0n) is 18.0. The molecule has 0 N–H and O–H groups in total. The van der Waals surface area contributed by atoms with Crippen LogP contribution in [0.3, 0.4) is 0 Å². The quantitative estimate of drug-likeness (QED) is 0.715. The Kier molecular flexibility index (Phi) is 0.974. The van der Waals surface area contributed by atoms with Crippen molar-refractivity contribution in [3.05, 3.63) is 18.2 Å². The summed E-state index contributed by atoms with van der Waals surface area (Å²) in [5.41, 5.74) is -0.0323. The zero-order chi connectivity index (χ0) is 19.6. The number of hydrogen-bond acceptors (Lipinski definition) is 3. The highest BCUT2D eigenvalue weighted by Crippen LogP contribution is 2.27. The molecule has 2 atom stereocenters. The maximum absolute atomic E-state index is 12.1. The Balaban J connectivity index is 2.60. The largest absolute Gasteiger partial charge is 0.465 e. The van der Waals surface area contributed by atoms with E-state index in [0.717, 1.165) is 4.57 Å². The lowest BCUT2D eigenvalue weighted by molar-refractivity contribution is -0.141. The number of nitrogens with zero attached hydrogens (tertiary/aromatic N) is 2. The van der Waals surface area contributed by atoms with Crippen LogP contribution in [0, 0.1) is 11.8 Å². The number of aromatic nitrogens is 2. The van der Waals surface area contributed by atoms with Gasteiger partial charge in [0.05, 0.1) is 22.9 Å². The molecule has 2 heterocycles. The first-order valence-electron chi connectivity index (χ1n) is 9.29. The minimum atomic E-state index is -3.41. The number of esters is 1. The van der Waals surface area contributed by atoms with Crippen LogP contribution in [-0.2, 0) is 23.0 Å². The van der Waals surface area contributed by atoms with Crippen molar-refractivity contribution in [3.63, 3.8) is 0 Å². The molecular weight excluding hydrogens is 192 g/mol. The van der Waals surface area contributed by atoms with Gasteiger partial charge in [0.1, 0.15) is 1.37 Å². The van der Waals surface area contributed by atoms with Crippen molar-refractivity contribution < 1.29 is 23.2 Å². The van der Waals surface area contributed by atoms with E-state index < -0.39 is 50.2 Å². The molecule has 1 saturated heterocycles. The third-order valence-corrected chi connectivity index (χ3v) is 2.18. The van der Waals surface area contributed by atoms with Crippen LogP contribution in [0.15, 0.2) is 12.5 Å². The lowest BCUT2D eigenvalue weighted by atomic mass is 9.89. The minimum Gasteiger partial charge on any atom is -0.465 e. The van der Waals surface area contributed by atoms with Crippen LogP contribution in [0.5, 0.6) is 0 Å². The van der Waals surface area contributed by atoms with Gasteiger partial charge < -0.3 is 9.30 Å². The highest BCUT2D eigenvalue weighted by molar-refractivity contribution is 5.74. The van der Waals surface area contributed by atoms with Gasteiger partial charge in [0.15, 0.2) is 0 Å². The molecule has 1 fully saturated rings. The van der Waals surface area contributed by atoms with Gasteiger partial charge in [0.2, 0.25) is 0 Å². The van der Waals surface area contributed by atoms with Gasteiger partial charge in [-0.1, -0.05) is 6.85 Å². The highest BCUT2D eigenvalue weighted by Gasteiger charge is 2.35. The highest BCUT2D eigenvalue weighted by atomic mass is 16.5. The van der Waals surface area contributed by atoms with Crippen molar-refractivity contribution in [3.8, 4) is 0 Å². The molecule has 4 heteroatoms. The second-order valence-electron chi connectivity index (χ2n) is 3.13. The fraction of sp³-hybridized carbons (Fsp3) is 0.636. The molecule has 0 radical (unpaired) electrons.